The van der Waals surface area contributed by atoms with Crippen molar-refractivity contribution in [2.75, 3.05) is 5.73 Å². The molecule has 0 bridgehead atoms. The number of nitrogen functional groups attached to an aromatic ring is 1. The van der Waals surface area contributed by atoms with Crippen LogP contribution in [0.3, 0.4) is 0 Å². The van der Waals surface area contributed by atoms with Gasteiger partial charge in [0, 0.05) is 11.6 Å². The van der Waals surface area contributed by atoms with Gasteiger partial charge in [0.2, 0.25) is 0 Å². The van der Waals surface area contributed by atoms with Crippen LogP contribution in [0.25, 0.3) is 11.3 Å². The number of aromatic amines is 1. The number of hydrogen-bond donors (Lipinski definition) is 3. The van der Waals surface area contributed by atoms with Gasteiger partial charge in [-0.2, -0.15) is 5.10 Å². The van der Waals surface area contributed by atoms with Crippen LogP contribution >= 0.6 is 11.6 Å². The van der Waals surface area contributed by atoms with Crippen LogP contribution in [-0.4, -0.2) is 15.3 Å². The molecule has 0 spiro atoms. The van der Waals surface area contributed by atoms with Gasteiger partial charge in [-0.1, -0.05) is 11.6 Å². The number of H-pyrrole nitrogens is 1. The second kappa shape index (κ2) is 3.72. The number of halogens is 1. The molecule has 1 aromatic carbocycles. The number of aromatic hydroxyl groups is 1. The lowest BCUT2D eigenvalue weighted by atomic mass is 10.00. The molecule has 0 radical (unpaired) electrons. The first-order valence-corrected chi connectivity index (χ1v) is 5.18. The van der Waals surface area contributed by atoms with E-state index in [1.54, 1.807) is 12.1 Å². The molecule has 0 saturated heterocycles. The fourth-order valence-corrected chi connectivity index (χ4v) is 1.91. The van der Waals surface area contributed by atoms with Crippen LogP contribution in [0.2, 0.25) is 5.02 Å². The zero-order valence-corrected chi connectivity index (χ0v) is 9.76. The lowest BCUT2D eigenvalue weighted by molar-refractivity contribution is 0.477. The third-order valence-corrected chi connectivity index (χ3v) is 2.93. The van der Waals surface area contributed by atoms with Crippen LogP contribution in [0.1, 0.15) is 11.1 Å². The quantitative estimate of drug-likeness (QED) is 0.714. The molecule has 4 N–H and O–H groups in total. The van der Waals surface area contributed by atoms with Gasteiger partial charge in [-0.15, -0.1) is 0 Å². The van der Waals surface area contributed by atoms with Gasteiger partial charge >= 0.3 is 0 Å². The normalized spacial score (nSPS) is 10.7. The number of phenolic OH excluding ortho intramolecular Hbond substituents is 1. The Kier molecular flexibility index (Phi) is 2.52. The molecule has 0 saturated carbocycles. The monoisotopic (exact) mass is 237 g/mol. The van der Waals surface area contributed by atoms with Crippen molar-refractivity contribution in [2.24, 2.45) is 0 Å². The summed E-state index contributed by atoms with van der Waals surface area (Å²) in [6.45, 7) is 3.85. The fraction of sp³-hybridized carbons (Fsp3) is 0.182. The number of nitrogens with one attached hydrogen (secondary N) is 1. The van der Waals surface area contributed by atoms with E-state index in [2.05, 4.69) is 10.2 Å². The van der Waals surface area contributed by atoms with Gasteiger partial charge in [0.25, 0.3) is 0 Å². The summed E-state index contributed by atoms with van der Waals surface area (Å²) in [6.07, 6.45) is 0. The van der Waals surface area contributed by atoms with E-state index in [1.165, 1.54) is 0 Å². The number of benzene rings is 1. The van der Waals surface area contributed by atoms with Gasteiger partial charge in [-0.05, 0) is 31.0 Å². The number of rotatable bonds is 1. The molecule has 0 unspecified atom stereocenters. The molecule has 0 aliphatic heterocycles. The van der Waals surface area contributed by atoms with E-state index in [-0.39, 0.29) is 5.75 Å². The highest BCUT2D eigenvalue weighted by Crippen LogP contribution is 2.39. The third-order valence-electron chi connectivity index (χ3n) is 2.64. The number of aromatic nitrogens is 2. The topological polar surface area (TPSA) is 74.9 Å². The molecule has 0 amide bonds. The first kappa shape index (κ1) is 10.8. The minimum atomic E-state index is 0.0495. The van der Waals surface area contributed by atoms with Gasteiger partial charge in [0.1, 0.15) is 11.6 Å². The summed E-state index contributed by atoms with van der Waals surface area (Å²) in [6, 6.07) is 3.40. The Morgan fingerprint density at radius 2 is 2.06 bits per heavy atom. The van der Waals surface area contributed by atoms with Crippen LogP contribution < -0.4 is 5.73 Å². The molecule has 1 aromatic heterocycles. The van der Waals surface area contributed by atoms with Crippen LogP contribution in [0.4, 0.5) is 5.82 Å². The molecule has 2 aromatic rings. The van der Waals surface area contributed by atoms with Crippen molar-refractivity contribution in [1.29, 1.82) is 0 Å². The summed E-state index contributed by atoms with van der Waals surface area (Å²) in [5.74, 6) is 0.430. The van der Waals surface area contributed by atoms with Crippen molar-refractivity contribution < 1.29 is 5.11 Å². The minimum Gasteiger partial charge on any atom is -0.506 e. The standard InChI is InChI=1S/C11H12ClN3O/c1-5-3-7(12)11(16)10(6(5)2)8-4-9(13)15-14-8/h3-4,16H,1-2H3,(H3,13,14,15). The average molecular weight is 238 g/mol. The highest BCUT2D eigenvalue weighted by Gasteiger charge is 2.15. The summed E-state index contributed by atoms with van der Waals surface area (Å²) >= 11 is 5.93. The van der Waals surface area contributed by atoms with E-state index < -0.39 is 0 Å². The van der Waals surface area contributed by atoms with Crippen molar-refractivity contribution >= 4 is 17.4 Å². The van der Waals surface area contributed by atoms with E-state index in [0.29, 0.717) is 22.1 Å². The van der Waals surface area contributed by atoms with Gasteiger partial charge in [-0.25, -0.2) is 0 Å². The second-order valence-electron chi connectivity index (χ2n) is 3.73. The molecule has 0 atom stereocenters. The molecule has 0 aliphatic carbocycles. The highest BCUT2D eigenvalue weighted by atomic mass is 35.5. The maximum Gasteiger partial charge on any atom is 0.145 e. The van der Waals surface area contributed by atoms with Crippen molar-refractivity contribution in [3.05, 3.63) is 28.3 Å². The molecule has 16 heavy (non-hydrogen) atoms. The van der Waals surface area contributed by atoms with Gasteiger partial charge in [0.15, 0.2) is 0 Å². The summed E-state index contributed by atoms with van der Waals surface area (Å²) in [5, 5.41) is 16.9. The van der Waals surface area contributed by atoms with Gasteiger partial charge < -0.3 is 10.8 Å². The SMILES string of the molecule is Cc1cc(Cl)c(O)c(-c2cc(N)n[nH]2)c1C. The first-order chi connectivity index (χ1) is 7.50. The number of anilines is 1. The lowest BCUT2D eigenvalue weighted by Crippen LogP contribution is -1.90. The molecule has 2 rings (SSSR count). The van der Waals surface area contributed by atoms with Crippen molar-refractivity contribution in [2.45, 2.75) is 13.8 Å². The Balaban J connectivity index is 2.73. The van der Waals surface area contributed by atoms with Crippen LogP contribution in [0.5, 0.6) is 5.75 Å². The number of nitrogens with zero attached hydrogens (tertiary/aromatic N) is 1. The summed E-state index contributed by atoms with van der Waals surface area (Å²) in [5.41, 5.74) is 8.80. The zero-order chi connectivity index (χ0) is 11.9. The second-order valence-corrected chi connectivity index (χ2v) is 4.14. The molecule has 4 nitrogen and oxygen atoms in total. The molecular formula is C11H12ClN3O. The average Bonchev–Trinajstić information content (AvgIpc) is 2.62. The number of nitrogens with two attached hydrogens (primary N) is 1. The predicted molar refractivity (Wildman–Crippen MR) is 64.6 cm³/mol. The van der Waals surface area contributed by atoms with Gasteiger partial charge in [0.05, 0.1) is 10.7 Å². The zero-order valence-electron chi connectivity index (χ0n) is 9.00. The van der Waals surface area contributed by atoms with Gasteiger partial charge in [-0.3, -0.25) is 5.10 Å². The Hall–Kier alpha value is -1.68. The summed E-state index contributed by atoms with van der Waals surface area (Å²) in [7, 11) is 0. The molecule has 0 fully saturated rings. The van der Waals surface area contributed by atoms with E-state index in [1.807, 2.05) is 13.8 Å². The summed E-state index contributed by atoms with van der Waals surface area (Å²) in [4.78, 5) is 0. The molecule has 5 heteroatoms. The fourth-order valence-electron chi connectivity index (χ4n) is 1.66. The number of hydrogen-bond acceptors (Lipinski definition) is 3. The molecular weight excluding hydrogens is 226 g/mol. The van der Waals surface area contributed by atoms with Crippen LogP contribution in [0.15, 0.2) is 12.1 Å². The third kappa shape index (κ3) is 1.61. The van der Waals surface area contributed by atoms with Crippen LogP contribution in [0, 0.1) is 13.8 Å². The maximum absolute atomic E-state index is 9.94. The lowest BCUT2D eigenvalue weighted by Gasteiger charge is -2.10. The van der Waals surface area contributed by atoms with Crippen molar-refractivity contribution in [3.63, 3.8) is 0 Å². The Morgan fingerprint density at radius 1 is 1.38 bits per heavy atom. The highest BCUT2D eigenvalue weighted by molar-refractivity contribution is 6.32. The van der Waals surface area contributed by atoms with Crippen LogP contribution in [-0.2, 0) is 0 Å². The van der Waals surface area contributed by atoms with E-state index >= 15 is 0 Å². The number of phenols is 1. The number of aryl methyl sites for hydroxylation is 1. The van der Waals surface area contributed by atoms with Crippen molar-refractivity contribution in [1.82, 2.24) is 10.2 Å². The molecule has 1 heterocycles. The first-order valence-electron chi connectivity index (χ1n) is 4.80. The molecule has 84 valence electrons. The smallest absolute Gasteiger partial charge is 0.145 e. The van der Waals surface area contributed by atoms with E-state index in [4.69, 9.17) is 17.3 Å². The Labute approximate surface area is 98.1 Å². The maximum atomic E-state index is 9.94. The largest absolute Gasteiger partial charge is 0.506 e. The minimum absolute atomic E-state index is 0.0495. The molecule has 0 aliphatic rings. The van der Waals surface area contributed by atoms with E-state index in [0.717, 1.165) is 11.1 Å². The Bertz CT molecular complexity index is 522. The predicted octanol–water partition coefficient (Wildman–Crippen LogP) is 2.63. The van der Waals surface area contributed by atoms with E-state index in [9.17, 15) is 5.11 Å². The Morgan fingerprint density at radius 3 is 2.62 bits per heavy atom. The van der Waals surface area contributed by atoms with Crippen molar-refractivity contribution in [3.8, 4) is 17.0 Å². The summed E-state index contributed by atoms with van der Waals surface area (Å²) < 4.78 is 0.